The van der Waals surface area contributed by atoms with Gasteiger partial charge in [0.2, 0.25) is 0 Å². The lowest BCUT2D eigenvalue weighted by atomic mass is 9.76. The molecule has 0 amide bonds. The largest absolute Gasteiger partial charge is 0.481 e. The third-order valence-electron chi connectivity index (χ3n) is 3.11. The van der Waals surface area contributed by atoms with Gasteiger partial charge in [0, 0.05) is 0 Å². The third kappa shape index (κ3) is 1.69. The van der Waals surface area contributed by atoms with Crippen molar-refractivity contribution < 1.29 is 15.0 Å². The molecule has 80 valence electrons. The van der Waals surface area contributed by atoms with Gasteiger partial charge < -0.3 is 10.2 Å². The number of carboxylic acid groups (broad SMARTS) is 1. The lowest BCUT2D eigenvalue weighted by Crippen LogP contribution is -2.44. The molecule has 0 fully saturated rings. The highest BCUT2D eigenvalue weighted by Crippen LogP contribution is 2.39. The van der Waals surface area contributed by atoms with Crippen molar-refractivity contribution >= 4 is 5.97 Å². The monoisotopic (exact) mass is 198 g/mol. The van der Waals surface area contributed by atoms with Gasteiger partial charge in [-0.25, -0.2) is 0 Å². The number of allylic oxidation sites excluding steroid dienone is 1. The fourth-order valence-corrected chi connectivity index (χ4v) is 2.32. The van der Waals surface area contributed by atoms with Crippen LogP contribution < -0.4 is 0 Å². The van der Waals surface area contributed by atoms with Crippen molar-refractivity contribution in [2.24, 2.45) is 11.8 Å². The van der Waals surface area contributed by atoms with Crippen LogP contribution in [0.2, 0.25) is 0 Å². The highest BCUT2D eigenvalue weighted by molar-refractivity contribution is 5.73. The molecule has 1 rings (SSSR count). The fraction of sp³-hybridized carbons (Fsp3) is 0.727. The molecule has 14 heavy (non-hydrogen) atoms. The second-order valence-electron chi connectivity index (χ2n) is 4.41. The average Bonchev–Trinajstić information content (AvgIpc) is 2.30. The van der Waals surface area contributed by atoms with Gasteiger partial charge >= 0.3 is 5.97 Å². The normalized spacial score (nSPS) is 29.1. The zero-order chi connectivity index (χ0) is 10.9. The Hall–Kier alpha value is -0.830. The summed E-state index contributed by atoms with van der Waals surface area (Å²) in [4.78, 5) is 11.1. The van der Waals surface area contributed by atoms with Crippen LogP contribution in [-0.2, 0) is 4.79 Å². The van der Waals surface area contributed by atoms with Gasteiger partial charge in [-0.15, -0.1) is 0 Å². The molecule has 0 radical (unpaired) electrons. The van der Waals surface area contributed by atoms with E-state index < -0.39 is 17.5 Å². The molecule has 2 N–H and O–H groups in total. The quantitative estimate of drug-likeness (QED) is 0.680. The summed E-state index contributed by atoms with van der Waals surface area (Å²) in [5.41, 5.74) is -0.321. The Morgan fingerprint density at radius 2 is 2.14 bits per heavy atom. The molecule has 3 heteroatoms. The van der Waals surface area contributed by atoms with E-state index in [4.69, 9.17) is 5.11 Å². The van der Waals surface area contributed by atoms with E-state index in [1.54, 1.807) is 0 Å². The zero-order valence-electron chi connectivity index (χ0n) is 8.95. The molecule has 0 aromatic carbocycles. The summed E-state index contributed by atoms with van der Waals surface area (Å²) in [6.07, 6.45) is 3.24. The molecule has 1 aliphatic rings. The second kappa shape index (κ2) is 3.73. The first-order chi connectivity index (χ1) is 6.39. The Bertz CT molecular complexity index is 268. The van der Waals surface area contributed by atoms with E-state index in [2.05, 4.69) is 0 Å². The lowest BCUT2D eigenvalue weighted by Gasteiger charge is -2.34. The van der Waals surface area contributed by atoms with Crippen LogP contribution in [-0.4, -0.2) is 21.8 Å². The van der Waals surface area contributed by atoms with Crippen molar-refractivity contribution in [3.05, 3.63) is 11.6 Å². The van der Waals surface area contributed by atoms with Crippen molar-refractivity contribution in [3.63, 3.8) is 0 Å². The van der Waals surface area contributed by atoms with Gasteiger partial charge in [0.1, 0.15) is 0 Å². The van der Waals surface area contributed by atoms with Gasteiger partial charge in [-0.1, -0.05) is 19.9 Å². The Labute approximate surface area is 84.4 Å². The molecule has 3 nitrogen and oxygen atoms in total. The molecule has 0 aromatic rings. The van der Waals surface area contributed by atoms with Crippen LogP contribution in [0.25, 0.3) is 0 Å². The first-order valence-corrected chi connectivity index (χ1v) is 5.02. The van der Waals surface area contributed by atoms with Crippen LogP contribution in [0.4, 0.5) is 0 Å². The lowest BCUT2D eigenvalue weighted by molar-refractivity contribution is -0.152. The summed E-state index contributed by atoms with van der Waals surface area (Å²) in [5, 5.41) is 19.4. The molecule has 0 aromatic heterocycles. The van der Waals surface area contributed by atoms with Crippen molar-refractivity contribution in [1.82, 2.24) is 0 Å². The molecule has 0 saturated heterocycles. The van der Waals surface area contributed by atoms with Crippen LogP contribution >= 0.6 is 0 Å². The van der Waals surface area contributed by atoms with E-state index in [9.17, 15) is 9.90 Å². The number of carboxylic acids is 1. The standard InChI is InChI=1S/C11H18O3/c1-7(2)9(10(12)13)11(14)6-4-5-8(11)3/h5,7,9,14H,4,6H2,1-3H3,(H,12,13). The van der Waals surface area contributed by atoms with E-state index >= 15 is 0 Å². The van der Waals surface area contributed by atoms with Crippen molar-refractivity contribution in [2.45, 2.75) is 39.2 Å². The van der Waals surface area contributed by atoms with Crippen LogP contribution in [0.1, 0.15) is 33.6 Å². The van der Waals surface area contributed by atoms with Gasteiger partial charge in [0.25, 0.3) is 0 Å². The van der Waals surface area contributed by atoms with E-state index in [1.807, 2.05) is 26.8 Å². The van der Waals surface area contributed by atoms with Crippen molar-refractivity contribution in [1.29, 1.82) is 0 Å². The minimum Gasteiger partial charge on any atom is -0.481 e. The summed E-state index contributed by atoms with van der Waals surface area (Å²) >= 11 is 0. The molecule has 1 aliphatic carbocycles. The Balaban J connectivity index is 2.99. The van der Waals surface area contributed by atoms with Gasteiger partial charge in [-0.2, -0.15) is 0 Å². The predicted molar refractivity (Wildman–Crippen MR) is 53.9 cm³/mol. The summed E-state index contributed by atoms with van der Waals surface area (Å²) < 4.78 is 0. The Kier molecular flexibility index (Phi) is 3.00. The number of aliphatic carboxylic acids is 1. The van der Waals surface area contributed by atoms with Crippen molar-refractivity contribution in [2.75, 3.05) is 0 Å². The molecular formula is C11H18O3. The SMILES string of the molecule is CC1=CCCC1(O)C(C(=O)O)C(C)C. The number of hydrogen-bond donors (Lipinski definition) is 2. The number of hydrogen-bond acceptors (Lipinski definition) is 2. The first-order valence-electron chi connectivity index (χ1n) is 5.02. The minimum atomic E-state index is -1.12. The molecule has 0 saturated carbocycles. The maximum Gasteiger partial charge on any atom is 0.310 e. The van der Waals surface area contributed by atoms with Crippen LogP contribution in [0.5, 0.6) is 0 Å². The topological polar surface area (TPSA) is 57.5 Å². The molecule has 2 unspecified atom stereocenters. The van der Waals surface area contributed by atoms with Crippen LogP contribution in [0.3, 0.4) is 0 Å². The summed E-state index contributed by atoms with van der Waals surface area (Å²) in [6.45, 7) is 5.48. The van der Waals surface area contributed by atoms with Gasteiger partial charge in [-0.05, 0) is 31.3 Å². The maximum absolute atomic E-state index is 11.1. The fourth-order valence-electron chi connectivity index (χ4n) is 2.32. The number of aliphatic hydroxyl groups is 1. The molecule has 0 aliphatic heterocycles. The number of rotatable bonds is 3. The molecule has 2 atom stereocenters. The molecule has 0 bridgehead atoms. The van der Waals surface area contributed by atoms with Gasteiger partial charge in [0.05, 0.1) is 11.5 Å². The van der Waals surface area contributed by atoms with Crippen LogP contribution in [0, 0.1) is 11.8 Å². The van der Waals surface area contributed by atoms with E-state index in [0.717, 1.165) is 12.0 Å². The zero-order valence-corrected chi connectivity index (χ0v) is 8.95. The maximum atomic E-state index is 11.1. The van der Waals surface area contributed by atoms with E-state index in [0.29, 0.717) is 6.42 Å². The molecule has 0 spiro atoms. The van der Waals surface area contributed by atoms with E-state index in [-0.39, 0.29) is 5.92 Å². The van der Waals surface area contributed by atoms with Crippen molar-refractivity contribution in [3.8, 4) is 0 Å². The Morgan fingerprint density at radius 3 is 2.43 bits per heavy atom. The summed E-state index contributed by atoms with van der Waals surface area (Å²) in [5.74, 6) is -1.66. The highest BCUT2D eigenvalue weighted by Gasteiger charge is 2.46. The summed E-state index contributed by atoms with van der Waals surface area (Å²) in [6, 6.07) is 0. The highest BCUT2D eigenvalue weighted by atomic mass is 16.4. The first kappa shape index (κ1) is 11.2. The predicted octanol–water partition coefficient (Wildman–Crippen LogP) is 1.81. The third-order valence-corrected chi connectivity index (χ3v) is 3.11. The minimum absolute atomic E-state index is 0.0565. The van der Waals surface area contributed by atoms with Gasteiger partial charge in [0.15, 0.2) is 0 Å². The number of carbonyl (C=O) groups is 1. The molecular weight excluding hydrogens is 180 g/mol. The Morgan fingerprint density at radius 1 is 1.57 bits per heavy atom. The van der Waals surface area contributed by atoms with E-state index in [1.165, 1.54) is 0 Å². The van der Waals surface area contributed by atoms with Crippen LogP contribution in [0.15, 0.2) is 11.6 Å². The second-order valence-corrected chi connectivity index (χ2v) is 4.41. The summed E-state index contributed by atoms with van der Waals surface area (Å²) in [7, 11) is 0. The smallest absolute Gasteiger partial charge is 0.310 e. The average molecular weight is 198 g/mol. The van der Waals surface area contributed by atoms with Gasteiger partial charge in [-0.3, -0.25) is 4.79 Å². The molecule has 0 heterocycles.